The van der Waals surface area contributed by atoms with Gasteiger partial charge in [0.2, 0.25) is 0 Å². The Bertz CT molecular complexity index is 1410. The number of benzene rings is 3. The van der Waals surface area contributed by atoms with E-state index >= 15 is 0 Å². The van der Waals surface area contributed by atoms with Crippen LogP contribution in [0, 0.1) is 5.82 Å². The van der Waals surface area contributed by atoms with Crippen LogP contribution in [-0.4, -0.2) is 33.7 Å². The summed E-state index contributed by atoms with van der Waals surface area (Å²) in [7, 11) is 1.57. The molecule has 0 aliphatic heterocycles. The maximum atomic E-state index is 14.7. The van der Waals surface area contributed by atoms with Crippen LogP contribution in [0.1, 0.15) is 24.2 Å². The maximum absolute atomic E-state index is 14.7. The number of nitrogens with zero attached hydrogens (tertiary/aromatic N) is 3. The summed E-state index contributed by atoms with van der Waals surface area (Å²) in [4.78, 5) is 27.1. The Kier molecular flexibility index (Phi) is 7.06. The van der Waals surface area contributed by atoms with Crippen LogP contribution in [0.15, 0.2) is 83.7 Å². The number of carbonyl (C=O) groups is 1. The van der Waals surface area contributed by atoms with Gasteiger partial charge in [0.25, 0.3) is 11.5 Å². The average molecular weight is 472 g/mol. The van der Waals surface area contributed by atoms with Gasteiger partial charge >= 0.3 is 0 Å². The van der Waals surface area contributed by atoms with E-state index in [1.807, 2.05) is 68.4 Å². The SMILES string of the molecule is CCN(CC)C(=O)c1cc(-c2cc(=O)n(C)nc2-c2ccccc2Oc2ccccc2)ccc1F. The van der Waals surface area contributed by atoms with Crippen LogP contribution in [-0.2, 0) is 7.05 Å². The monoisotopic (exact) mass is 471 g/mol. The molecule has 3 aromatic carbocycles. The molecule has 0 atom stereocenters. The van der Waals surface area contributed by atoms with Crippen molar-refractivity contribution in [2.75, 3.05) is 13.1 Å². The molecule has 4 aromatic rings. The Labute approximate surface area is 203 Å². The van der Waals surface area contributed by atoms with Crippen molar-refractivity contribution in [3.05, 3.63) is 101 Å². The van der Waals surface area contributed by atoms with Crippen molar-refractivity contribution in [1.29, 1.82) is 0 Å². The van der Waals surface area contributed by atoms with E-state index in [1.54, 1.807) is 18.0 Å². The Morgan fingerprint density at radius 2 is 1.63 bits per heavy atom. The van der Waals surface area contributed by atoms with Crippen molar-refractivity contribution in [1.82, 2.24) is 14.7 Å². The molecule has 1 heterocycles. The van der Waals surface area contributed by atoms with E-state index in [0.717, 1.165) is 0 Å². The minimum atomic E-state index is -0.614. The molecule has 0 saturated carbocycles. The van der Waals surface area contributed by atoms with Crippen LogP contribution in [0.3, 0.4) is 0 Å². The minimum Gasteiger partial charge on any atom is -0.457 e. The van der Waals surface area contributed by atoms with E-state index in [0.29, 0.717) is 47.0 Å². The Balaban J connectivity index is 1.88. The lowest BCUT2D eigenvalue weighted by Gasteiger charge is -2.20. The molecule has 1 aromatic heterocycles. The molecule has 6 nitrogen and oxygen atoms in total. The Morgan fingerprint density at radius 1 is 0.943 bits per heavy atom. The molecule has 35 heavy (non-hydrogen) atoms. The lowest BCUT2D eigenvalue weighted by molar-refractivity contribution is 0.0768. The van der Waals surface area contributed by atoms with Gasteiger partial charge in [-0.15, -0.1) is 0 Å². The van der Waals surface area contributed by atoms with Crippen molar-refractivity contribution in [2.24, 2.45) is 7.05 Å². The predicted molar refractivity (Wildman–Crippen MR) is 134 cm³/mol. The van der Waals surface area contributed by atoms with Gasteiger partial charge in [-0.05, 0) is 55.8 Å². The van der Waals surface area contributed by atoms with Crippen molar-refractivity contribution in [3.8, 4) is 33.9 Å². The second-order valence-corrected chi connectivity index (χ2v) is 7.95. The number of para-hydroxylation sites is 2. The van der Waals surface area contributed by atoms with E-state index in [9.17, 15) is 14.0 Å². The summed E-state index contributed by atoms with van der Waals surface area (Å²) in [5.74, 6) is 0.185. The number of aryl methyl sites for hydroxylation is 1. The first-order chi connectivity index (χ1) is 16.9. The van der Waals surface area contributed by atoms with Crippen LogP contribution in [0.4, 0.5) is 4.39 Å². The second-order valence-electron chi connectivity index (χ2n) is 7.95. The minimum absolute atomic E-state index is 0.0494. The first-order valence-electron chi connectivity index (χ1n) is 11.4. The second kappa shape index (κ2) is 10.3. The highest BCUT2D eigenvalue weighted by Crippen LogP contribution is 2.37. The van der Waals surface area contributed by atoms with Crippen molar-refractivity contribution < 1.29 is 13.9 Å². The smallest absolute Gasteiger partial charge is 0.267 e. The summed E-state index contributed by atoms with van der Waals surface area (Å²) < 4.78 is 22.1. The summed E-state index contributed by atoms with van der Waals surface area (Å²) >= 11 is 0. The quantitative estimate of drug-likeness (QED) is 0.356. The highest BCUT2D eigenvalue weighted by atomic mass is 19.1. The lowest BCUT2D eigenvalue weighted by atomic mass is 9.97. The first-order valence-corrected chi connectivity index (χ1v) is 11.4. The number of amides is 1. The Morgan fingerprint density at radius 3 is 2.34 bits per heavy atom. The number of ether oxygens (including phenoxy) is 1. The third-order valence-corrected chi connectivity index (χ3v) is 5.76. The molecule has 7 heteroatoms. The van der Waals surface area contributed by atoms with Crippen LogP contribution in [0.25, 0.3) is 22.4 Å². The topological polar surface area (TPSA) is 64.4 Å². The number of rotatable bonds is 7. The van der Waals surface area contributed by atoms with Crippen molar-refractivity contribution >= 4 is 5.91 Å². The highest BCUT2D eigenvalue weighted by Gasteiger charge is 2.21. The first kappa shape index (κ1) is 23.9. The Hall–Kier alpha value is -4.26. The standard InChI is InChI=1S/C28H26FN3O3/c1-4-32(5-2)28(34)23-17-19(15-16-24(23)29)22-18-26(33)31(3)30-27(22)21-13-9-10-14-25(21)35-20-11-7-6-8-12-20/h6-18H,4-5H2,1-3H3. The van der Waals surface area contributed by atoms with Crippen molar-refractivity contribution in [3.63, 3.8) is 0 Å². The third kappa shape index (κ3) is 4.99. The molecule has 1 amide bonds. The van der Waals surface area contributed by atoms with Crippen molar-refractivity contribution in [2.45, 2.75) is 13.8 Å². The van der Waals surface area contributed by atoms with Gasteiger partial charge in [-0.1, -0.05) is 36.4 Å². The normalized spacial score (nSPS) is 10.7. The summed E-state index contributed by atoms with van der Waals surface area (Å²) in [6.45, 7) is 4.61. The average Bonchev–Trinajstić information content (AvgIpc) is 2.87. The number of aromatic nitrogens is 2. The van der Waals surface area contributed by atoms with E-state index in [1.165, 1.54) is 22.9 Å². The van der Waals surface area contributed by atoms with Crippen LogP contribution < -0.4 is 10.3 Å². The molecule has 0 radical (unpaired) electrons. The molecular weight excluding hydrogens is 445 g/mol. The zero-order chi connectivity index (χ0) is 24.9. The molecule has 0 unspecified atom stereocenters. The van der Waals surface area contributed by atoms with E-state index in [4.69, 9.17) is 4.74 Å². The fourth-order valence-electron chi connectivity index (χ4n) is 3.86. The highest BCUT2D eigenvalue weighted by molar-refractivity contribution is 5.96. The van der Waals surface area contributed by atoms with Gasteiger partial charge in [0.1, 0.15) is 23.0 Å². The van der Waals surface area contributed by atoms with E-state index in [-0.39, 0.29) is 11.1 Å². The van der Waals surface area contributed by atoms with Gasteiger partial charge in [-0.25, -0.2) is 9.07 Å². The van der Waals surface area contributed by atoms with Gasteiger partial charge < -0.3 is 9.64 Å². The molecular formula is C28H26FN3O3. The van der Waals surface area contributed by atoms with Crippen LogP contribution in [0.5, 0.6) is 11.5 Å². The van der Waals surface area contributed by atoms with Crippen LogP contribution in [0.2, 0.25) is 0 Å². The molecule has 0 bridgehead atoms. The van der Waals surface area contributed by atoms with Crippen LogP contribution >= 0.6 is 0 Å². The fraction of sp³-hybridized carbons (Fsp3) is 0.179. The van der Waals surface area contributed by atoms with E-state index < -0.39 is 11.7 Å². The summed E-state index contributed by atoms with van der Waals surface area (Å²) in [5, 5.41) is 4.52. The van der Waals surface area contributed by atoms with Gasteiger partial charge in [0.05, 0.1) is 5.56 Å². The number of halogens is 1. The molecule has 0 N–H and O–H groups in total. The number of hydrogen-bond acceptors (Lipinski definition) is 4. The molecule has 4 rings (SSSR count). The zero-order valence-electron chi connectivity index (χ0n) is 19.9. The lowest BCUT2D eigenvalue weighted by Crippen LogP contribution is -2.31. The number of hydrogen-bond donors (Lipinski definition) is 0. The summed E-state index contributed by atoms with van der Waals surface area (Å²) in [6.07, 6.45) is 0. The van der Waals surface area contributed by atoms with Gasteiger partial charge in [0, 0.05) is 37.3 Å². The summed E-state index contributed by atoms with van der Waals surface area (Å²) in [6, 6.07) is 22.4. The van der Waals surface area contributed by atoms with Gasteiger partial charge in [-0.3, -0.25) is 9.59 Å². The zero-order valence-corrected chi connectivity index (χ0v) is 19.9. The summed E-state index contributed by atoms with van der Waals surface area (Å²) in [5.41, 5.74) is 1.75. The maximum Gasteiger partial charge on any atom is 0.267 e. The number of carbonyl (C=O) groups excluding carboxylic acids is 1. The molecule has 0 aliphatic carbocycles. The molecule has 0 fully saturated rings. The third-order valence-electron chi connectivity index (χ3n) is 5.76. The predicted octanol–water partition coefficient (Wildman–Crippen LogP) is 5.53. The fourth-order valence-corrected chi connectivity index (χ4v) is 3.86. The molecule has 0 spiro atoms. The largest absolute Gasteiger partial charge is 0.457 e. The van der Waals surface area contributed by atoms with Gasteiger partial charge in [0.15, 0.2) is 0 Å². The molecule has 0 aliphatic rings. The molecule has 0 saturated heterocycles. The molecule has 178 valence electrons. The van der Waals surface area contributed by atoms with E-state index in [2.05, 4.69) is 5.10 Å². The van der Waals surface area contributed by atoms with Gasteiger partial charge in [-0.2, -0.15) is 5.10 Å².